The Morgan fingerprint density at radius 3 is 2.35 bits per heavy atom. The third-order valence-corrected chi connectivity index (χ3v) is 3.50. The number of aromatic nitrogens is 1. The Kier molecular flexibility index (Phi) is 4.85. The standard InChI is InChI=1S/C19H12F2N4O/c20-15-2-1-3-16(21)18(15)24-14-8-9-23-17(10-14)19(26)25-13-6-4-12(11-22)5-7-13/h1-10H,(H,23,24)(H,25,26). The van der Waals surface area contributed by atoms with Gasteiger partial charge in [0.15, 0.2) is 0 Å². The number of anilines is 3. The van der Waals surface area contributed by atoms with E-state index in [-0.39, 0.29) is 11.4 Å². The molecule has 26 heavy (non-hydrogen) atoms. The molecular weight excluding hydrogens is 338 g/mol. The van der Waals surface area contributed by atoms with Crippen molar-refractivity contribution in [1.82, 2.24) is 4.98 Å². The molecule has 0 spiro atoms. The molecule has 1 heterocycles. The van der Waals surface area contributed by atoms with Crippen molar-refractivity contribution in [3.63, 3.8) is 0 Å². The number of nitriles is 1. The number of hydrogen-bond acceptors (Lipinski definition) is 4. The molecule has 128 valence electrons. The third-order valence-electron chi connectivity index (χ3n) is 3.50. The molecule has 0 bridgehead atoms. The monoisotopic (exact) mass is 350 g/mol. The van der Waals surface area contributed by atoms with Crippen LogP contribution in [0.5, 0.6) is 0 Å². The quantitative estimate of drug-likeness (QED) is 0.738. The molecular formula is C19H12F2N4O. The van der Waals surface area contributed by atoms with E-state index in [2.05, 4.69) is 15.6 Å². The van der Waals surface area contributed by atoms with Gasteiger partial charge in [0.2, 0.25) is 0 Å². The van der Waals surface area contributed by atoms with Crippen molar-refractivity contribution in [2.45, 2.75) is 0 Å². The smallest absolute Gasteiger partial charge is 0.274 e. The number of carbonyl (C=O) groups excluding carboxylic acids is 1. The number of rotatable bonds is 4. The summed E-state index contributed by atoms with van der Waals surface area (Å²) >= 11 is 0. The lowest BCUT2D eigenvalue weighted by Gasteiger charge is -2.10. The van der Waals surface area contributed by atoms with Gasteiger partial charge in [0, 0.05) is 17.6 Å². The Bertz CT molecular complexity index is 977. The number of halogens is 2. The zero-order chi connectivity index (χ0) is 18.5. The predicted octanol–water partition coefficient (Wildman–Crippen LogP) is 4.23. The van der Waals surface area contributed by atoms with Crippen molar-refractivity contribution >= 4 is 23.0 Å². The summed E-state index contributed by atoms with van der Waals surface area (Å²) in [5, 5.41) is 14.0. The average molecular weight is 350 g/mol. The van der Waals surface area contributed by atoms with E-state index in [0.29, 0.717) is 16.9 Å². The van der Waals surface area contributed by atoms with Crippen LogP contribution in [0.4, 0.5) is 25.8 Å². The highest BCUT2D eigenvalue weighted by atomic mass is 19.1. The summed E-state index contributed by atoms with van der Waals surface area (Å²) in [5.41, 5.74) is 1.04. The molecule has 1 aromatic heterocycles. The number of nitrogens with one attached hydrogen (secondary N) is 2. The maximum atomic E-state index is 13.7. The number of para-hydroxylation sites is 1. The summed E-state index contributed by atoms with van der Waals surface area (Å²) in [4.78, 5) is 16.3. The van der Waals surface area contributed by atoms with Crippen molar-refractivity contribution < 1.29 is 13.6 Å². The molecule has 0 radical (unpaired) electrons. The van der Waals surface area contributed by atoms with Gasteiger partial charge >= 0.3 is 0 Å². The van der Waals surface area contributed by atoms with Crippen LogP contribution in [0.25, 0.3) is 0 Å². The van der Waals surface area contributed by atoms with E-state index in [1.165, 1.54) is 24.4 Å². The van der Waals surface area contributed by atoms with Gasteiger partial charge in [-0.15, -0.1) is 0 Å². The lowest BCUT2D eigenvalue weighted by molar-refractivity contribution is 0.102. The van der Waals surface area contributed by atoms with Gasteiger partial charge < -0.3 is 10.6 Å². The normalized spacial score (nSPS) is 10.0. The number of carbonyl (C=O) groups is 1. The highest BCUT2D eigenvalue weighted by Gasteiger charge is 2.12. The lowest BCUT2D eigenvalue weighted by atomic mass is 10.2. The molecule has 0 fully saturated rings. The van der Waals surface area contributed by atoms with E-state index < -0.39 is 17.5 Å². The van der Waals surface area contributed by atoms with Gasteiger partial charge in [-0.25, -0.2) is 8.78 Å². The van der Waals surface area contributed by atoms with E-state index >= 15 is 0 Å². The van der Waals surface area contributed by atoms with E-state index in [4.69, 9.17) is 5.26 Å². The molecule has 7 heteroatoms. The van der Waals surface area contributed by atoms with Crippen molar-refractivity contribution in [3.8, 4) is 6.07 Å². The first kappa shape index (κ1) is 17.0. The summed E-state index contributed by atoms with van der Waals surface area (Å²) in [7, 11) is 0. The number of hydrogen-bond donors (Lipinski definition) is 2. The highest BCUT2D eigenvalue weighted by Crippen LogP contribution is 2.23. The third kappa shape index (κ3) is 3.82. The fraction of sp³-hybridized carbons (Fsp3) is 0. The largest absolute Gasteiger partial charge is 0.351 e. The van der Waals surface area contributed by atoms with E-state index in [9.17, 15) is 13.6 Å². The predicted molar refractivity (Wildman–Crippen MR) is 93.0 cm³/mol. The fourth-order valence-electron chi connectivity index (χ4n) is 2.22. The fourth-order valence-corrected chi connectivity index (χ4v) is 2.22. The van der Waals surface area contributed by atoms with E-state index in [1.807, 2.05) is 6.07 Å². The second-order valence-corrected chi connectivity index (χ2v) is 5.29. The molecule has 0 saturated heterocycles. The van der Waals surface area contributed by atoms with Crippen LogP contribution in [0.1, 0.15) is 16.1 Å². The average Bonchev–Trinajstić information content (AvgIpc) is 2.66. The Labute approximate surface area is 147 Å². The molecule has 3 aromatic rings. The van der Waals surface area contributed by atoms with E-state index in [1.54, 1.807) is 24.3 Å². The first-order chi connectivity index (χ1) is 12.6. The summed E-state index contributed by atoms with van der Waals surface area (Å²) in [6, 6.07) is 14.7. The minimum atomic E-state index is -0.745. The van der Waals surface area contributed by atoms with Crippen LogP contribution in [0.3, 0.4) is 0 Å². The summed E-state index contributed by atoms with van der Waals surface area (Å²) in [6.07, 6.45) is 1.36. The Morgan fingerprint density at radius 1 is 1.00 bits per heavy atom. The Morgan fingerprint density at radius 2 is 1.69 bits per heavy atom. The van der Waals surface area contributed by atoms with Gasteiger partial charge in [-0.05, 0) is 48.5 Å². The second-order valence-electron chi connectivity index (χ2n) is 5.29. The summed E-state index contributed by atoms with van der Waals surface area (Å²) in [6.45, 7) is 0. The molecule has 2 N–H and O–H groups in total. The van der Waals surface area contributed by atoms with Crippen LogP contribution < -0.4 is 10.6 Å². The lowest BCUT2D eigenvalue weighted by Crippen LogP contribution is -2.13. The molecule has 0 aliphatic rings. The zero-order valence-corrected chi connectivity index (χ0v) is 13.3. The summed E-state index contributed by atoms with van der Waals surface area (Å²) < 4.78 is 27.4. The zero-order valence-electron chi connectivity index (χ0n) is 13.3. The molecule has 0 saturated carbocycles. The number of amides is 1. The van der Waals surface area contributed by atoms with Crippen LogP contribution in [0.2, 0.25) is 0 Å². The minimum absolute atomic E-state index is 0.0658. The SMILES string of the molecule is N#Cc1ccc(NC(=O)c2cc(Nc3c(F)cccc3F)ccn2)cc1. The van der Waals surface area contributed by atoms with Crippen LogP contribution in [-0.2, 0) is 0 Å². The maximum absolute atomic E-state index is 13.7. The van der Waals surface area contributed by atoms with Crippen LogP contribution in [-0.4, -0.2) is 10.9 Å². The Balaban J connectivity index is 1.78. The molecule has 3 rings (SSSR count). The van der Waals surface area contributed by atoms with Gasteiger partial charge in [0.25, 0.3) is 5.91 Å². The second kappa shape index (κ2) is 7.40. The van der Waals surface area contributed by atoms with E-state index in [0.717, 1.165) is 12.1 Å². The van der Waals surface area contributed by atoms with Crippen LogP contribution >= 0.6 is 0 Å². The first-order valence-electron chi connectivity index (χ1n) is 7.55. The summed E-state index contributed by atoms with van der Waals surface area (Å²) in [5.74, 6) is -1.98. The van der Waals surface area contributed by atoms with Gasteiger partial charge in [0.1, 0.15) is 23.0 Å². The van der Waals surface area contributed by atoms with Crippen LogP contribution in [0, 0.1) is 23.0 Å². The molecule has 0 aliphatic heterocycles. The van der Waals surface area contributed by atoms with Gasteiger partial charge in [-0.1, -0.05) is 6.07 Å². The molecule has 0 atom stereocenters. The molecule has 5 nitrogen and oxygen atoms in total. The highest BCUT2D eigenvalue weighted by molar-refractivity contribution is 6.03. The number of benzene rings is 2. The van der Waals surface area contributed by atoms with Gasteiger partial charge in [-0.2, -0.15) is 5.26 Å². The number of pyridine rings is 1. The Hall–Kier alpha value is -3.79. The van der Waals surface area contributed by atoms with Crippen molar-refractivity contribution in [3.05, 3.63) is 83.7 Å². The van der Waals surface area contributed by atoms with Crippen LogP contribution in [0.15, 0.2) is 60.8 Å². The molecule has 1 amide bonds. The number of nitrogens with zero attached hydrogens (tertiary/aromatic N) is 2. The molecule has 2 aromatic carbocycles. The van der Waals surface area contributed by atoms with Crippen molar-refractivity contribution in [2.24, 2.45) is 0 Å². The van der Waals surface area contributed by atoms with Crippen molar-refractivity contribution in [2.75, 3.05) is 10.6 Å². The molecule has 0 aliphatic carbocycles. The van der Waals surface area contributed by atoms with Gasteiger partial charge in [0.05, 0.1) is 11.6 Å². The van der Waals surface area contributed by atoms with Crippen molar-refractivity contribution in [1.29, 1.82) is 5.26 Å². The first-order valence-corrected chi connectivity index (χ1v) is 7.55. The van der Waals surface area contributed by atoms with Gasteiger partial charge in [-0.3, -0.25) is 9.78 Å². The topological polar surface area (TPSA) is 77.8 Å². The maximum Gasteiger partial charge on any atom is 0.274 e. The minimum Gasteiger partial charge on any atom is -0.351 e. The molecule has 0 unspecified atom stereocenters.